The molecule has 0 bridgehead atoms. The number of carbonyl (C=O) groups is 2. The van der Waals surface area contributed by atoms with Gasteiger partial charge in [-0.15, -0.1) is 11.3 Å². The Morgan fingerprint density at radius 1 is 1.28 bits per heavy atom. The van der Waals surface area contributed by atoms with Gasteiger partial charge in [0.05, 0.1) is 37.0 Å². The molecule has 0 unspecified atom stereocenters. The molecule has 1 aromatic carbocycles. The summed E-state index contributed by atoms with van der Waals surface area (Å²) in [6.07, 6.45) is 2.97. The van der Waals surface area contributed by atoms with Gasteiger partial charge in [-0.2, -0.15) is 0 Å². The number of thiophene rings is 1. The van der Waals surface area contributed by atoms with E-state index in [1.54, 1.807) is 47.3 Å². The normalized spacial score (nSPS) is 12.7. The number of aromatic nitrogens is 2. The summed E-state index contributed by atoms with van der Waals surface area (Å²) in [5.41, 5.74) is 1.91. The topological polar surface area (TPSA) is 99.5 Å². The third-order valence-electron chi connectivity index (χ3n) is 5.21. The average molecular weight is 474 g/mol. The molecule has 0 spiro atoms. The van der Waals surface area contributed by atoms with E-state index in [-0.39, 0.29) is 17.2 Å². The molecule has 1 aliphatic rings. The third kappa shape index (κ3) is 4.57. The van der Waals surface area contributed by atoms with Gasteiger partial charge in [0.2, 0.25) is 5.91 Å². The first-order valence-electron chi connectivity index (χ1n) is 10.2. The fourth-order valence-electron chi connectivity index (χ4n) is 3.72. The van der Waals surface area contributed by atoms with E-state index < -0.39 is 5.97 Å². The summed E-state index contributed by atoms with van der Waals surface area (Å²) in [6.45, 7) is 0.744. The van der Waals surface area contributed by atoms with Crippen LogP contribution in [-0.4, -0.2) is 48.0 Å². The first kappa shape index (κ1) is 22.5. The molecule has 0 atom stereocenters. The second kappa shape index (κ2) is 9.85. The molecular formula is C22H23N3O5S2. The molecular weight excluding hydrogens is 450 g/mol. The molecule has 0 aliphatic heterocycles. The number of carbonyl (C=O) groups excluding carboxylic acids is 2. The highest BCUT2D eigenvalue weighted by Crippen LogP contribution is 2.35. The Morgan fingerprint density at radius 3 is 2.91 bits per heavy atom. The SMILES string of the molecule is COCCn1c(SCC(=O)Nc2cccc(C(=O)OC)c2)nc2sc3c(c2c1=O)CCC3. The Morgan fingerprint density at radius 2 is 2.12 bits per heavy atom. The number of aryl methyl sites for hydroxylation is 2. The molecule has 8 nitrogen and oxygen atoms in total. The predicted molar refractivity (Wildman–Crippen MR) is 125 cm³/mol. The maximum absolute atomic E-state index is 13.3. The average Bonchev–Trinajstić information content (AvgIpc) is 3.37. The second-order valence-electron chi connectivity index (χ2n) is 7.29. The number of amides is 1. The number of hydrogen-bond acceptors (Lipinski definition) is 8. The summed E-state index contributed by atoms with van der Waals surface area (Å²) < 4.78 is 11.5. The molecule has 1 N–H and O–H groups in total. The molecule has 2 aromatic heterocycles. The van der Waals surface area contributed by atoms with Gasteiger partial charge in [-0.05, 0) is 43.0 Å². The number of anilines is 1. The van der Waals surface area contributed by atoms with Crippen molar-refractivity contribution in [3.8, 4) is 0 Å². The predicted octanol–water partition coefficient (Wildman–Crippen LogP) is 3.11. The standard InChI is InChI=1S/C22H23N3O5S2/c1-29-10-9-25-20(27)18-15-7-4-8-16(15)32-19(18)24-22(25)31-12-17(26)23-14-6-3-5-13(11-14)21(28)30-2/h3,5-6,11H,4,7-10,12H2,1-2H3,(H,23,26). The quantitative estimate of drug-likeness (QED) is 0.305. The molecule has 0 radical (unpaired) electrons. The lowest BCUT2D eigenvalue weighted by Crippen LogP contribution is -2.26. The van der Waals surface area contributed by atoms with E-state index in [1.165, 1.54) is 23.7 Å². The Hall–Kier alpha value is -2.69. The van der Waals surface area contributed by atoms with Gasteiger partial charge >= 0.3 is 5.97 Å². The molecule has 0 saturated carbocycles. The summed E-state index contributed by atoms with van der Waals surface area (Å²) >= 11 is 2.79. The Labute approximate surface area is 192 Å². The van der Waals surface area contributed by atoms with Crippen LogP contribution in [0.3, 0.4) is 0 Å². The summed E-state index contributed by atoms with van der Waals surface area (Å²) in [5.74, 6) is -0.672. The monoisotopic (exact) mass is 473 g/mol. The summed E-state index contributed by atoms with van der Waals surface area (Å²) in [6, 6.07) is 6.53. The van der Waals surface area contributed by atoms with Gasteiger partial charge in [0, 0.05) is 17.7 Å². The molecule has 10 heteroatoms. The van der Waals surface area contributed by atoms with Gasteiger partial charge in [0.15, 0.2) is 5.16 Å². The molecule has 4 rings (SSSR count). The number of hydrogen-bond donors (Lipinski definition) is 1. The minimum absolute atomic E-state index is 0.0679. The molecule has 2 heterocycles. The van der Waals surface area contributed by atoms with Gasteiger partial charge in [-0.25, -0.2) is 9.78 Å². The number of rotatable bonds is 8. The van der Waals surface area contributed by atoms with Crippen molar-refractivity contribution in [1.29, 1.82) is 0 Å². The van der Waals surface area contributed by atoms with Crippen LogP contribution in [0.15, 0.2) is 34.2 Å². The summed E-state index contributed by atoms with van der Waals surface area (Å²) in [5, 5.41) is 3.99. The number of benzene rings is 1. The van der Waals surface area contributed by atoms with Crippen molar-refractivity contribution in [3.63, 3.8) is 0 Å². The van der Waals surface area contributed by atoms with Crippen LogP contribution in [0.1, 0.15) is 27.2 Å². The highest BCUT2D eigenvalue weighted by Gasteiger charge is 2.23. The van der Waals surface area contributed by atoms with Crippen LogP contribution in [0.25, 0.3) is 10.2 Å². The zero-order valence-electron chi connectivity index (χ0n) is 17.8. The first-order chi connectivity index (χ1) is 15.5. The van der Waals surface area contributed by atoms with E-state index in [1.807, 2.05) is 0 Å². The fourth-order valence-corrected chi connectivity index (χ4v) is 5.84. The molecule has 1 aliphatic carbocycles. The summed E-state index contributed by atoms with van der Waals surface area (Å²) in [4.78, 5) is 44.2. The van der Waals surface area contributed by atoms with Crippen molar-refractivity contribution >= 4 is 50.9 Å². The van der Waals surface area contributed by atoms with Gasteiger partial charge in [-0.3, -0.25) is 14.2 Å². The largest absolute Gasteiger partial charge is 0.465 e. The lowest BCUT2D eigenvalue weighted by atomic mass is 10.2. The number of nitrogens with one attached hydrogen (secondary N) is 1. The van der Waals surface area contributed by atoms with Crippen LogP contribution in [0, 0.1) is 0 Å². The molecule has 168 valence electrons. The molecule has 32 heavy (non-hydrogen) atoms. The van der Waals surface area contributed by atoms with Crippen molar-refractivity contribution in [3.05, 3.63) is 50.6 Å². The zero-order chi connectivity index (χ0) is 22.7. The lowest BCUT2D eigenvalue weighted by molar-refractivity contribution is -0.113. The minimum Gasteiger partial charge on any atom is -0.465 e. The number of fused-ring (bicyclic) bond motifs is 3. The van der Waals surface area contributed by atoms with E-state index >= 15 is 0 Å². The molecule has 0 fully saturated rings. The third-order valence-corrected chi connectivity index (χ3v) is 7.37. The van der Waals surface area contributed by atoms with Crippen LogP contribution in [0.5, 0.6) is 0 Å². The minimum atomic E-state index is -0.474. The van der Waals surface area contributed by atoms with Gasteiger partial charge in [0.1, 0.15) is 4.83 Å². The molecule has 3 aromatic rings. The van der Waals surface area contributed by atoms with Crippen LogP contribution >= 0.6 is 23.1 Å². The highest BCUT2D eigenvalue weighted by atomic mass is 32.2. The van der Waals surface area contributed by atoms with Crippen molar-refractivity contribution in [2.24, 2.45) is 0 Å². The van der Waals surface area contributed by atoms with Crippen molar-refractivity contribution in [2.45, 2.75) is 31.0 Å². The Bertz CT molecular complexity index is 1230. The van der Waals surface area contributed by atoms with Gasteiger partial charge < -0.3 is 14.8 Å². The Kier molecular flexibility index (Phi) is 6.92. The van der Waals surface area contributed by atoms with Crippen LogP contribution in [-0.2, 0) is 33.7 Å². The van der Waals surface area contributed by atoms with Crippen molar-refractivity contribution in [1.82, 2.24) is 9.55 Å². The second-order valence-corrected chi connectivity index (χ2v) is 9.32. The smallest absolute Gasteiger partial charge is 0.337 e. The molecule has 0 saturated heterocycles. The van der Waals surface area contributed by atoms with Gasteiger partial charge in [-0.1, -0.05) is 17.8 Å². The number of ether oxygens (including phenoxy) is 2. The fraction of sp³-hybridized carbons (Fsp3) is 0.364. The zero-order valence-corrected chi connectivity index (χ0v) is 19.4. The van der Waals surface area contributed by atoms with Gasteiger partial charge in [0.25, 0.3) is 5.56 Å². The van der Waals surface area contributed by atoms with Crippen LogP contribution in [0.4, 0.5) is 5.69 Å². The van der Waals surface area contributed by atoms with E-state index in [9.17, 15) is 14.4 Å². The summed E-state index contributed by atoms with van der Waals surface area (Å²) in [7, 11) is 2.89. The molecule has 1 amide bonds. The van der Waals surface area contributed by atoms with E-state index in [0.29, 0.717) is 34.9 Å². The lowest BCUT2D eigenvalue weighted by Gasteiger charge is -2.12. The number of nitrogens with zero attached hydrogens (tertiary/aromatic N) is 2. The van der Waals surface area contributed by atoms with E-state index in [4.69, 9.17) is 14.5 Å². The number of esters is 1. The number of thioether (sulfide) groups is 1. The Balaban J connectivity index is 1.54. The van der Waals surface area contributed by atoms with Crippen LogP contribution < -0.4 is 10.9 Å². The maximum Gasteiger partial charge on any atom is 0.337 e. The highest BCUT2D eigenvalue weighted by molar-refractivity contribution is 7.99. The maximum atomic E-state index is 13.3. The van der Waals surface area contributed by atoms with Crippen molar-refractivity contribution < 1.29 is 19.1 Å². The first-order valence-corrected chi connectivity index (χ1v) is 12.0. The number of methoxy groups -OCH3 is 2. The van der Waals surface area contributed by atoms with E-state index in [2.05, 4.69) is 5.32 Å². The van der Waals surface area contributed by atoms with E-state index in [0.717, 1.165) is 29.7 Å². The van der Waals surface area contributed by atoms with Crippen LogP contribution in [0.2, 0.25) is 0 Å². The van der Waals surface area contributed by atoms with Crippen molar-refractivity contribution in [2.75, 3.05) is 31.9 Å².